The fraction of sp³-hybridized carbons (Fsp3) is 0.261. The van der Waals surface area contributed by atoms with Gasteiger partial charge in [-0.05, 0) is 31.0 Å². The standard InChI is InChI=1S/C23H21F3N6O3S/c24-23(25,26)18-13-36-22(30-18)21(35)29-16-6-7-17-15(10-16)11-32(31-17)12-19(33)27-8-9-28-20(34)14-4-2-1-3-5-14/h2,4-7,10-11,13H,1,3,8-9,12H2,(H,27,33)(H,28,34)(H,29,35). The van der Waals surface area contributed by atoms with Crippen molar-refractivity contribution in [2.24, 2.45) is 0 Å². The summed E-state index contributed by atoms with van der Waals surface area (Å²) < 4.78 is 39.5. The van der Waals surface area contributed by atoms with Crippen LogP contribution in [0.1, 0.15) is 28.3 Å². The minimum Gasteiger partial charge on any atom is -0.353 e. The van der Waals surface area contributed by atoms with Crippen LogP contribution in [0.15, 0.2) is 53.6 Å². The van der Waals surface area contributed by atoms with E-state index in [1.807, 2.05) is 12.2 Å². The molecule has 3 amide bonds. The van der Waals surface area contributed by atoms with E-state index in [0.29, 0.717) is 33.5 Å². The molecule has 1 aromatic carbocycles. The highest BCUT2D eigenvalue weighted by Crippen LogP contribution is 2.30. The lowest BCUT2D eigenvalue weighted by atomic mass is 10.1. The first-order valence-corrected chi connectivity index (χ1v) is 11.8. The number of aromatic nitrogens is 3. The van der Waals surface area contributed by atoms with E-state index < -0.39 is 17.8 Å². The number of rotatable bonds is 8. The van der Waals surface area contributed by atoms with Gasteiger partial charge in [0.05, 0.1) is 5.52 Å². The number of thiazole rings is 1. The first-order valence-electron chi connectivity index (χ1n) is 10.9. The van der Waals surface area contributed by atoms with E-state index in [9.17, 15) is 27.6 Å². The average Bonchev–Trinajstić information content (AvgIpc) is 3.49. The first-order chi connectivity index (χ1) is 17.2. The summed E-state index contributed by atoms with van der Waals surface area (Å²) in [6, 6.07) is 4.76. The number of allylic oxidation sites excluding steroid dienone is 2. The molecule has 0 saturated carbocycles. The number of carbonyl (C=O) groups is 3. The van der Waals surface area contributed by atoms with Gasteiger partial charge in [-0.15, -0.1) is 11.3 Å². The number of amides is 3. The van der Waals surface area contributed by atoms with Crippen molar-refractivity contribution >= 4 is 45.6 Å². The van der Waals surface area contributed by atoms with Crippen LogP contribution in [-0.4, -0.2) is 45.6 Å². The Kier molecular flexibility index (Phi) is 7.48. The van der Waals surface area contributed by atoms with Crippen LogP contribution < -0.4 is 16.0 Å². The second kappa shape index (κ2) is 10.7. The number of nitrogens with zero attached hydrogens (tertiary/aromatic N) is 3. The van der Waals surface area contributed by atoms with Gasteiger partial charge in [0, 0.05) is 41.3 Å². The summed E-state index contributed by atoms with van der Waals surface area (Å²) in [4.78, 5) is 39.8. The van der Waals surface area contributed by atoms with Gasteiger partial charge in [-0.2, -0.15) is 18.3 Å². The van der Waals surface area contributed by atoms with Crippen molar-refractivity contribution in [3.05, 3.63) is 64.3 Å². The highest BCUT2D eigenvalue weighted by molar-refractivity contribution is 7.11. The second-order valence-electron chi connectivity index (χ2n) is 7.84. The van der Waals surface area contributed by atoms with Crippen LogP contribution in [0.25, 0.3) is 10.9 Å². The van der Waals surface area contributed by atoms with Gasteiger partial charge in [0.15, 0.2) is 10.7 Å². The van der Waals surface area contributed by atoms with Crippen LogP contribution in [0, 0.1) is 0 Å². The molecule has 0 fully saturated rings. The maximum absolute atomic E-state index is 12.7. The molecule has 0 saturated heterocycles. The van der Waals surface area contributed by atoms with Crippen LogP contribution in [-0.2, 0) is 22.3 Å². The Balaban J connectivity index is 1.28. The third kappa shape index (κ3) is 6.36. The molecule has 13 heteroatoms. The fourth-order valence-corrected chi connectivity index (χ4v) is 4.11. The normalized spacial score (nSPS) is 13.4. The van der Waals surface area contributed by atoms with Crippen LogP contribution in [0.4, 0.5) is 18.9 Å². The minimum absolute atomic E-state index is 0.0580. The molecule has 0 aliphatic heterocycles. The Labute approximate surface area is 207 Å². The van der Waals surface area contributed by atoms with Gasteiger partial charge in [-0.3, -0.25) is 19.1 Å². The Morgan fingerprint density at radius 2 is 1.89 bits per heavy atom. The molecule has 0 unspecified atom stereocenters. The van der Waals surface area contributed by atoms with Gasteiger partial charge in [0.25, 0.3) is 11.8 Å². The van der Waals surface area contributed by atoms with Crippen LogP contribution in [0.2, 0.25) is 0 Å². The number of anilines is 1. The molecule has 188 valence electrons. The van der Waals surface area contributed by atoms with Crippen molar-refractivity contribution in [3.63, 3.8) is 0 Å². The smallest absolute Gasteiger partial charge is 0.353 e. The monoisotopic (exact) mass is 518 g/mol. The summed E-state index contributed by atoms with van der Waals surface area (Å²) >= 11 is 0.602. The molecule has 1 aliphatic carbocycles. The third-order valence-corrected chi connectivity index (χ3v) is 5.94. The lowest BCUT2D eigenvalue weighted by Crippen LogP contribution is -2.36. The number of alkyl halides is 3. The van der Waals surface area contributed by atoms with Crippen LogP contribution in [0.3, 0.4) is 0 Å². The minimum atomic E-state index is -4.62. The van der Waals surface area contributed by atoms with Crippen LogP contribution >= 0.6 is 11.3 Å². The summed E-state index contributed by atoms with van der Waals surface area (Å²) in [5.41, 5.74) is 0.410. The maximum Gasteiger partial charge on any atom is 0.434 e. The number of halogens is 3. The van der Waals surface area contributed by atoms with E-state index in [2.05, 4.69) is 26.0 Å². The average molecular weight is 519 g/mol. The molecule has 4 rings (SSSR count). The van der Waals surface area contributed by atoms with Crippen molar-refractivity contribution in [3.8, 4) is 0 Å². The zero-order valence-electron chi connectivity index (χ0n) is 18.8. The van der Waals surface area contributed by atoms with E-state index in [-0.39, 0.29) is 36.5 Å². The van der Waals surface area contributed by atoms with E-state index >= 15 is 0 Å². The summed E-state index contributed by atoms with van der Waals surface area (Å²) in [6.45, 7) is 0.479. The largest absolute Gasteiger partial charge is 0.434 e. The predicted octanol–water partition coefficient (Wildman–Crippen LogP) is 3.27. The molecule has 0 atom stereocenters. The summed E-state index contributed by atoms with van der Waals surface area (Å²) in [5.74, 6) is -1.24. The Bertz CT molecular complexity index is 1360. The highest BCUT2D eigenvalue weighted by Gasteiger charge is 2.34. The number of benzene rings is 1. The van der Waals surface area contributed by atoms with Gasteiger partial charge in [-0.25, -0.2) is 4.98 Å². The molecule has 2 aromatic heterocycles. The Hall–Kier alpha value is -4.00. The van der Waals surface area contributed by atoms with E-state index in [1.165, 1.54) is 4.68 Å². The number of hydrogen-bond donors (Lipinski definition) is 3. The molecule has 3 N–H and O–H groups in total. The number of carbonyl (C=O) groups excluding carboxylic acids is 3. The molecular formula is C23H21F3N6O3S. The van der Waals surface area contributed by atoms with Crippen molar-refractivity contribution in [2.45, 2.75) is 25.6 Å². The highest BCUT2D eigenvalue weighted by atomic mass is 32.1. The van der Waals surface area contributed by atoms with Crippen LogP contribution in [0.5, 0.6) is 0 Å². The van der Waals surface area contributed by atoms with Gasteiger partial charge >= 0.3 is 6.18 Å². The van der Waals surface area contributed by atoms with Gasteiger partial charge in [0.1, 0.15) is 6.54 Å². The first kappa shape index (κ1) is 25.1. The van der Waals surface area contributed by atoms with E-state index in [4.69, 9.17) is 0 Å². The molecule has 2 heterocycles. The molecule has 36 heavy (non-hydrogen) atoms. The van der Waals surface area contributed by atoms with Gasteiger partial charge < -0.3 is 16.0 Å². The predicted molar refractivity (Wildman–Crippen MR) is 127 cm³/mol. The van der Waals surface area contributed by atoms with E-state index in [1.54, 1.807) is 30.5 Å². The zero-order chi connectivity index (χ0) is 25.7. The molecule has 0 spiro atoms. The van der Waals surface area contributed by atoms with Crippen molar-refractivity contribution in [1.82, 2.24) is 25.4 Å². The summed E-state index contributed by atoms with van der Waals surface area (Å²) in [6.07, 6.45) is 4.33. The Morgan fingerprint density at radius 3 is 2.61 bits per heavy atom. The van der Waals surface area contributed by atoms with Crippen molar-refractivity contribution < 1.29 is 27.6 Å². The molecular weight excluding hydrogens is 497 g/mol. The topological polar surface area (TPSA) is 118 Å². The van der Waals surface area contributed by atoms with Crippen molar-refractivity contribution in [1.29, 1.82) is 0 Å². The number of hydrogen-bond acceptors (Lipinski definition) is 6. The number of nitrogens with one attached hydrogen (secondary N) is 3. The van der Waals surface area contributed by atoms with E-state index in [0.717, 1.165) is 18.2 Å². The summed E-state index contributed by atoms with van der Waals surface area (Å²) in [7, 11) is 0. The van der Waals surface area contributed by atoms with Crippen molar-refractivity contribution in [2.75, 3.05) is 18.4 Å². The molecule has 1 aliphatic rings. The molecule has 3 aromatic rings. The quantitative estimate of drug-likeness (QED) is 0.396. The number of fused-ring (bicyclic) bond motifs is 1. The lowest BCUT2D eigenvalue weighted by molar-refractivity contribution is -0.140. The summed E-state index contributed by atoms with van der Waals surface area (Å²) in [5, 5.41) is 13.4. The SMILES string of the molecule is O=C(Cn1cc2cc(NC(=O)c3nc(C(F)(F)F)cs3)ccc2n1)NCCNC(=O)C1=CCCC=C1. The Morgan fingerprint density at radius 1 is 1.08 bits per heavy atom. The lowest BCUT2D eigenvalue weighted by Gasteiger charge is -2.09. The third-order valence-electron chi connectivity index (χ3n) is 5.09. The maximum atomic E-state index is 12.7. The molecule has 0 radical (unpaired) electrons. The molecule has 0 bridgehead atoms. The second-order valence-corrected chi connectivity index (χ2v) is 8.69. The molecule has 9 nitrogen and oxygen atoms in total. The fourth-order valence-electron chi connectivity index (χ4n) is 3.39. The van der Waals surface area contributed by atoms with Gasteiger partial charge in [-0.1, -0.05) is 18.2 Å². The van der Waals surface area contributed by atoms with Gasteiger partial charge in [0.2, 0.25) is 5.91 Å². The zero-order valence-corrected chi connectivity index (χ0v) is 19.6.